The molecule has 6 nitrogen and oxygen atoms in total. The lowest BCUT2D eigenvalue weighted by Crippen LogP contribution is -2.35. The minimum atomic E-state index is -0.621. The van der Waals surface area contributed by atoms with Crippen LogP contribution in [0.1, 0.15) is 73.6 Å². The molecule has 2 aliphatic rings. The topological polar surface area (TPSA) is 75.7 Å². The van der Waals surface area contributed by atoms with Crippen LogP contribution in [0, 0.1) is 17.3 Å². The number of hydrogen-bond donors (Lipinski definition) is 1. The summed E-state index contributed by atoms with van der Waals surface area (Å²) in [5.41, 5.74) is 1.33. The average Bonchev–Trinajstić information content (AvgIpc) is 2.77. The molecule has 174 valence electrons. The molecule has 0 unspecified atom stereocenters. The Morgan fingerprint density at radius 2 is 1.66 bits per heavy atom. The van der Waals surface area contributed by atoms with E-state index in [4.69, 9.17) is 4.74 Å². The third-order valence-electron chi connectivity index (χ3n) is 6.93. The summed E-state index contributed by atoms with van der Waals surface area (Å²) in [5, 5.41) is 2.98. The molecule has 0 radical (unpaired) electrons. The fraction of sp³-hybridized carbons (Fsp3) is 0.577. The number of ether oxygens (including phenoxy) is 1. The molecule has 0 bridgehead atoms. The van der Waals surface area contributed by atoms with Gasteiger partial charge in [-0.2, -0.15) is 0 Å². The fourth-order valence-electron chi connectivity index (χ4n) is 4.75. The maximum atomic E-state index is 13.4. The van der Waals surface area contributed by atoms with Crippen molar-refractivity contribution in [1.82, 2.24) is 10.2 Å². The molecule has 0 spiro atoms. The van der Waals surface area contributed by atoms with Crippen molar-refractivity contribution in [3.8, 4) is 0 Å². The molecule has 3 rings (SSSR count). The summed E-state index contributed by atoms with van der Waals surface area (Å²) in [6, 6.07) is 6.79. The van der Waals surface area contributed by atoms with Crippen molar-refractivity contribution in [2.24, 2.45) is 17.3 Å². The zero-order valence-electron chi connectivity index (χ0n) is 20.0. The molecule has 2 aliphatic carbocycles. The standard InChI is InChI=1S/C26H36N2O4/c1-26(2,3)18-12-10-17(11-13-18)16-21-22(29)19-8-6-7-9-20(19)23(30)24(21)32-25(31)28(5)15-14-27-4/h6-9,17-18,27H,10-16H2,1-5H3/t17-,18-. The summed E-state index contributed by atoms with van der Waals surface area (Å²) in [5.74, 6) is 0.303. The van der Waals surface area contributed by atoms with E-state index in [0.29, 0.717) is 48.0 Å². The molecule has 1 fully saturated rings. The molecule has 0 atom stereocenters. The number of fused-ring (bicyclic) bond motifs is 1. The van der Waals surface area contributed by atoms with Gasteiger partial charge in [0.05, 0.1) is 0 Å². The highest BCUT2D eigenvalue weighted by Gasteiger charge is 2.37. The van der Waals surface area contributed by atoms with Crippen LogP contribution in [0.5, 0.6) is 0 Å². The average molecular weight is 441 g/mol. The number of ketones is 2. The fourth-order valence-corrected chi connectivity index (χ4v) is 4.75. The quantitative estimate of drug-likeness (QED) is 0.684. The molecular formula is C26H36N2O4. The van der Waals surface area contributed by atoms with Gasteiger partial charge in [-0.05, 0) is 56.4 Å². The predicted octanol–water partition coefficient (Wildman–Crippen LogP) is 4.85. The lowest BCUT2D eigenvalue weighted by atomic mass is 9.68. The zero-order valence-corrected chi connectivity index (χ0v) is 20.0. The number of carbonyl (C=O) groups is 3. The van der Waals surface area contributed by atoms with Gasteiger partial charge in [0.1, 0.15) is 0 Å². The normalized spacial score (nSPS) is 21.4. The minimum Gasteiger partial charge on any atom is -0.406 e. The second-order valence-corrected chi connectivity index (χ2v) is 10.2. The maximum Gasteiger partial charge on any atom is 0.415 e. The van der Waals surface area contributed by atoms with Crippen molar-refractivity contribution in [2.75, 3.05) is 27.2 Å². The number of likely N-dealkylation sites (N-methyl/N-ethyl adjacent to an activating group) is 2. The van der Waals surface area contributed by atoms with E-state index in [2.05, 4.69) is 26.1 Å². The van der Waals surface area contributed by atoms with Gasteiger partial charge in [0.15, 0.2) is 11.5 Å². The van der Waals surface area contributed by atoms with E-state index in [1.54, 1.807) is 38.4 Å². The lowest BCUT2D eigenvalue weighted by molar-refractivity contribution is 0.0861. The van der Waals surface area contributed by atoms with E-state index in [0.717, 1.165) is 25.7 Å². The first-order valence-electron chi connectivity index (χ1n) is 11.6. The first-order valence-corrected chi connectivity index (χ1v) is 11.6. The summed E-state index contributed by atoms with van der Waals surface area (Å²) >= 11 is 0. The van der Waals surface area contributed by atoms with E-state index in [1.165, 1.54) is 4.90 Å². The molecule has 32 heavy (non-hydrogen) atoms. The van der Waals surface area contributed by atoms with Gasteiger partial charge in [-0.15, -0.1) is 0 Å². The van der Waals surface area contributed by atoms with Crippen LogP contribution in [-0.4, -0.2) is 49.7 Å². The van der Waals surface area contributed by atoms with Crippen LogP contribution in [-0.2, 0) is 4.74 Å². The summed E-state index contributed by atoms with van der Waals surface area (Å²) in [7, 11) is 3.42. The molecule has 0 aromatic heterocycles. The molecule has 1 saturated carbocycles. The zero-order chi connectivity index (χ0) is 23.5. The summed E-state index contributed by atoms with van der Waals surface area (Å²) < 4.78 is 5.59. The third-order valence-corrected chi connectivity index (χ3v) is 6.93. The summed E-state index contributed by atoms with van der Waals surface area (Å²) in [6.45, 7) is 7.88. The van der Waals surface area contributed by atoms with Crippen molar-refractivity contribution < 1.29 is 19.1 Å². The smallest absolute Gasteiger partial charge is 0.406 e. The Labute approximate surface area is 191 Å². The molecule has 6 heteroatoms. The largest absolute Gasteiger partial charge is 0.415 e. The molecule has 0 aliphatic heterocycles. The SMILES string of the molecule is CNCCN(C)C(=O)OC1=C(C[C@H]2CC[C@H](C(C)(C)C)CC2)C(=O)c2ccccc2C1=O. The van der Waals surface area contributed by atoms with E-state index < -0.39 is 6.09 Å². The Morgan fingerprint density at radius 3 is 2.22 bits per heavy atom. The Balaban J connectivity index is 1.85. The third kappa shape index (κ3) is 5.29. The number of rotatable bonds is 6. The van der Waals surface area contributed by atoms with Crippen molar-refractivity contribution >= 4 is 17.7 Å². The number of nitrogens with one attached hydrogen (secondary N) is 1. The van der Waals surface area contributed by atoms with Crippen LogP contribution in [0.3, 0.4) is 0 Å². The van der Waals surface area contributed by atoms with Crippen LogP contribution in [0.2, 0.25) is 0 Å². The highest BCUT2D eigenvalue weighted by atomic mass is 16.6. The predicted molar refractivity (Wildman–Crippen MR) is 125 cm³/mol. The number of Topliss-reactive ketones (excluding diaryl/α,β-unsaturated/α-hetero) is 2. The number of amides is 1. The number of benzene rings is 1. The van der Waals surface area contributed by atoms with E-state index in [-0.39, 0.29) is 22.7 Å². The first kappa shape index (κ1) is 24.2. The van der Waals surface area contributed by atoms with Crippen molar-refractivity contribution in [3.05, 3.63) is 46.7 Å². The summed E-state index contributed by atoms with van der Waals surface area (Å²) in [4.78, 5) is 40.7. The number of allylic oxidation sites excluding steroid dienone is 2. The van der Waals surface area contributed by atoms with Crippen LogP contribution >= 0.6 is 0 Å². The Morgan fingerprint density at radius 1 is 1.06 bits per heavy atom. The second kappa shape index (κ2) is 9.99. The molecule has 1 N–H and O–H groups in total. The highest BCUT2D eigenvalue weighted by molar-refractivity contribution is 6.26. The van der Waals surface area contributed by atoms with Crippen molar-refractivity contribution in [2.45, 2.75) is 52.9 Å². The van der Waals surface area contributed by atoms with E-state index >= 15 is 0 Å². The van der Waals surface area contributed by atoms with Gasteiger partial charge < -0.3 is 15.0 Å². The van der Waals surface area contributed by atoms with Gasteiger partial charge in [-0.1, -0.05) is 45.0 Å². The number of carbonyl (C=O) groups excluding carboxylic acids is 3. The van der Waals surface area contributed by atoms with Crippen molar-refractivity contribution in [3.63, 3.8) is 0 Å². The van der Waals surface area contributed by atoms with Crippen molar-refractivity contribution in [1.29, 1.82) is 0 Å². The first-order chi connectivity index (χ1) is 15.1. The summed E-state index contributed by atoms with van der Waals surface area (Å²) in [6.07, 6.45) is 4.10. The van der Waals surface area contributed by atoms with Gasteiger partial charge in [0, 0.05) is 36.8 Å². The van der Waals surface area contributed by atoms with Crippen LogP contribution in [0.25, 0.3) is 0 Å². The Hall–Kier alpha value is -2.47. The van der Waals surface area contributed by atoms with Gasteiger partial charge >= 0.3 is 6.09 Å². The number of nitrogens with zero attached hydrogens (tertiary/aromatic N) is 1. The number of hydrogen-bond acceptors (Lipinski definition) is 5. The molecule has 1 amide bonds. The van der Waals surface area contributed by atoms with Crippen LogP contribution < -0.4 is 5.32 Å². The lowest BCUT2D eigenvalue weighted by Gasteiger charge is -2.37. The van der Waals surface area contributed by atoms with E-state index in [9.17, 15) is 14.4 Å². The Bertz CT molecular complexity index is 905. The molecule has 0 heterocycles. The molecule has 1 aromatic carbocycles. The monoisotopic (exact) mass is 440 g/mol. The van der Waals surface area contributed by atoms with Gasteiger partial charge in [-0.3, -0.25) is 9.59 Å². The van der Waals surface area contributed by atoms with E-state index in [1.807, 2.05) is 0 Å². The van der Waals surface area contributed by atoms with Gasteiger partial charge in [-0.25, -0.2) is 4.79 Å². The maximum absolute atomic E-state index is 13.4. The van der Waals surface area contributed by atoms with Gasteiger partial charge in [0.25, 0.3) is 0 Å². The minimum absolute atomic E-state index is 0.0899. The van der Waals surface area contributed by atoms with Gasteiger partial charge in [0.2, 0.25) is 5.78 Å². The molecule has 0 saturated heterocycles. The molecular weight excluding hydrogens is 404 g/mol. The molecule has 1 aromatic rings. The second-order valence-electron chi connectivity index (χ2n) is 10.2. The van der Waals surface area contributed by atoms with Crippen LogP contribution in [0.4, 0.5) is 4.79 Å². The Kier molecular flexibility index (Phi) is 7.55. The highest BCUT2D eigenvalue weighted by Crippen LogP contribution is 2.42. The van der Waals surface area contributed by atoms with Crippen LogP contribution in [0.15, 0.2) is 35.6 Å².